The Kier molecular flexibility index (Phi) is 4.74. The number of carbonyl (C=O) groups is 1. The van der Waals surface area contributed by atoms with Gasteiger partial charge in [0.05, 0.1) is 0 Å². The van der Waals surface area contributed by atoms with Crippen molar-refractivity contribution in [3.63, 3.8) is 0 Å². The highest BCUT2D eigenvalue weighted by molar-refractivity contribution is 9.10. The van der Waals surface area contributed by atoms with E-state index in [0.717, 1.165) is 10.0 Å². The Bertz CT molecular complexity index is 564. The topological polar surface area (TPSA) is 26.3 Å². The molecule has 0 aromatic heterocycles. The zero-order valence-electron chi connectivity index (χ0n) is 10.7. The number of rotatable bonds is 5. The molecule has 0 aliphatic carbocycles. The molecule has 19 heavy (non-hydrogen) atoms. The molecule has 0 aliphatic heterocycles. The van der Waals surface area contributed by atoms with E-state index >= 15 is 0 Å². The molecule has 0 saturated heterocycles. The summed E-state index contributed by atoms with van der Waals surface area (Å²) in [5.74, 6) is 0.820. The average molecular weight is 319 g/mol. The molecule has 2 nitrogen and oxygen atoms in total. The van der Waals surface area contributed by atoms with Crippen LogP contribution in [-0.4, -0.2) is 5.78 Å². The maximum Gasteiger partial charge on any atom is 0.163 e. The van der Waals surface area contributed by atoms with Crippen LogP contribution in [0.2, 0.25) is 0 Å². The Balaban J connectivity index is 2.11. The molecule has 2 aromatic rings. The lowest BCUT2D eigenvalue weighted by Gasteiger charge is -2.09. The average Bonchev–Trinajstić information content (AvgIpc) is 2.46. The SMILES string of the molecule is CCC(=O)c1cc(OCc2ccccc2)ccc1Br. The van der Waals surface area contributed by atoms with Crippen LogP contribution in [0.4, 0.5) is 0 Å². The molecule has 0 unspecified atom stereocenters. The van der Waals surface area contributed by atoms with Gasteiger partial charge in [-0.15, -0.1) is 0 Å². The molecule has 0 heterocycles. The fraction of sp³-hybridized carbons (Fsp3) is 0.188. The van der Waals surface area contributed by atoms with Crippen molar-refractivity contribution in [3.05, 3.63) is 64.1 Å². The fourth-order valence-corrected chi connectivity index (χ4v) is 2.21. The van der Waals surface area contributed by atoms with Gasteiger partial charge in [0, 0.05) is 16.5 Å². The molecule has 0 aliphatic rings. The zero-order valence-corrected chi connectivity index (χ0v) is 12.3. The van der Waals surface area contributed by atoms with Crippen LogP contribution in [-0.2, 0) is 6.61 Å². The summed E-state index contributed by atoms with van der Waals surface area (Å²) in [5.41, 5.74) is 1.78. The predicted molar refractivity (Wildman–Crippen MR) is 79.5 cm³/mol. The third-order valence-electron chi connectivity index (χ3n) is 2.81. The highest BCUT2D eigenvalue weighted by Gasteiger charge is 2.09. The summed E-state index contributed by atoms with van der Waals surface area (Å²) in [7, 11) is 0. The fourth-order valence-electron chi connectivity index (χ4n) is 1.74. The minimum Gasteiger partial charge on any atom is -0.489 e. The van der Waals surface area contributed by atoms with Gasteiger partial charge in [-0.25, -0.2) is 0 Å². The van der Waals surface area contributed by atoms with Gasteiger partial charge in [0.1, 0.15) is 12.4 Å². The first kappa shape index (κ1) is 13.8. The summed E-state index contributed by atoms with van der Waals surface area (Å²) in [6, 6.07) is 15.5. The molecule has 0 bridgehead atoms. The highest BCUT2D eigenvalue weighted by Crippen LogP contribution is 2.24. The summed E-state index contributed by atoms with van der Waals surface area (Å²) in [6.07, 6.45) is 0.487. The maximum atomic E-state index is 11.8. The van der Waals surface area contributed by atoms with Crippen LogP contribution in [0.1, 0.15) is 29.3 Å². The molecular formula is C16H15BrO2. The molecule has 2 rings (SSSR count). The van der Waals surface area contributed by atoms with Gasteiger partial charge >= 0.3 is 0 Å². The summed E-state index contributed by atoms with van der Waals surface area (Å²) in [6.45, 7) is 2.36. The smallest absolute Gasteiger partial charge is 0.163 e. The van der Waals surface area contributed by atoms with E-state index in [1.807, 2.05) is 49.4 Å². The van der Waals surface area contributed by atoms with Crippen molar-refractivity contribution in [3.8, 4) is 5.75 Å². The lowest BCUT2D eigenvalue weighted by Crippen LogP contribution is -2.00. The van der Waals surface area contributed by atoms with Crippen LogP contribution in [0.15, 0.2) is 53.0 Å². The molecule has 0 fully saturated rings. The molecule has 0 N–H and O–H groups in total. The lowest BCUT2D eigenvalue weighted by molar-refractivity contribution is 0.0987. The first-order valence-corrected chi connectivity index (χ1v) is 6.99. The molecule has 0 radical (unpaired) electrons. The summed E-state index contributed by atoms with van der Waals surface area (Å²) < 4.78 is 6.52. The highest BCUT2D eigenvalue weighted by atomic mass is 79.9. The van der Waals surface area contributed by atoms with E-state index in [4.69, 9.17) is 4.74 Å². The summed E-state index contributed by atoms with van der Waals surface area (Å²) in [4.78, 5) is 11.8. The monoisotopic (exact) mass is 318 g/mol. The molecule has 0 saturated carbocycles. The largest absolute Gasteiger partial charge is 0.489 e. The molecular weight excluding hydrogens is 304 g/mol. The van der Waals surface area contributed by atoms with E-state index in [2.05, 4.69) is 15.9 Å². The third kappa shape index (κ3) is 3.67. The number of Topliss-reactive ketones (excluding diaryl/α,β-unsaturated/α-hetero) is 1. The molecule has 0 atom stereocenters. The first-order valence-electron chi connectivity index (χ1n) is 6.20. The molecule has 98 valence electrons. The van der Waals surface area contributed by atoms with E-state index in [9.17, 15) is 4.79 Å². The second kappa shape index (κ2) is 6.53. The van der Waals surface area contributed by atoms with Gasteiger partial charge in [-0.3, -0.25) is 4.79 Å². The van der Waals surface area contributed by atoms with Gasteiger partial charge in [-0.1, -0.05) is 53.2 Å². The van der Waals surface area contributed by atoms with Crippen LogP contribution >= 0.6 is 15.9 Å². The zero-order chi connectivity index (χ0) is 13.7. The van der Waals surface area contributed by atoms with E-state index in [0.29, 0.717) is 24.3 Å². The number of hydrogen-bond donors (Lipinski definition) is 0. The molecule has 3 heteroatoms. The van der Waals surface area contributed by atoms with E-state index in [1.54, 1.807) is 6.07 Å². The van der Waals surface area contributed by atoms with Crippen LogP contribution < -0.4 is 4.74 Å². The summed E-state index contributed by atoms with van der Waals surface area (Å²) in [5, 5.41) is 0. The number of ether oxygens (including phenoxy) is 1. The van der Waals surface area contributed by atoms with Crippen molar-refractivity contribution in [2.45, 2.75) is 20.0 Å². The van der Waals surface area contributed by atoms with Crippen molar-refractivity contribution in [1.82, 2.24) is 0 Å². The minimum absolute atomic E-state index is 0.108. The Hall–Kier alpha value is -1.61. The van der Waals surface area contributed by atoms with Crippen molar-refractivity contribution in [2.24, 2.45) is 0 Å². The molecule has 2 aromatic carbocycles. The number of ketones is 1. The number of carbonyl (C=O) groups excluding carboxylic acids is 1. The Morgan fingerprint density at radius 3 is 2.58 bits per heavy atom. The van der Waals surface area contributed by atoms with E-state index in [-0.39, 0.29) is 5.78 Å². The normalized spacial score (nSPS) is 10.2. The van der Waals surface area contributed by atoms with Crippen LogP contribution in [0.25, 0.3) is 0 Å². The van der Waals surface area contributed by atoms with Crippen molar-refractivity contribution >= 4 is 21.7 Å². The van der Waals surface area contributed by atoms with Crippen molar-refractivity contribution in [1.29, 1.82) is 0 Å². The van der Waals surface area contributed by atoms with Gasteiger partial charge in [-0.05, 0) is 23.8 Å². The van der Waals surface area contributed by atoms with Crippen molar-refractivity contribution < 1.29 is 9.53 Å². The lowest BCUT2D eigenvalue weighted by atomic mass is 10.1. The standard InChI is InChI=1S/C16H15BrO2/c1-2-16(18)14-10-13(8-9-15(14)17)19-11-12-6-4-3-5-7-12/h3-10H,2,11H2,1H3. The quantitative estimate of drug-likeness (QED) is 0.752. The van der Waals surface area contributed by atoms with Gasteiger partial charge in [0.15, 0.2) is 5.78 Å². The second-order valence-corrected chi connectivity index (χ2v) is 5.05. The van der Waals surface area contributed by atoms with Gasteiger partial charge in [-0.2, -0.15) is 0 Å². The van der Waals surface area contributed by atoms with E-state index in [1.165, 1.54) is 0 Å². The van der Waals surface area contributed by atoms with Crippen LogP contribution in [0, 0.1) is 0 Å². The second-order valence-electron chi connectivity index (χ2n) is 4.19. The predicted octanol–water partition coefficient (Wildman–Crippen LogP) is 4.62. The van der Waals surface area contributed by atoms with Gasteiger partial charge < -0.3 is 4.74 Å². The minimum atomic E-state index is 0.108. The van der Waals surface area contributed by atoms with Gasteiger partial charge in [0.2, 0.25) is 0 Å². The Morgan fingerprint density at radius 1 is 1.16 bits per heavy atom. The maximum absolute atomic E-state index is 11.8. The Morgan fingerprint density at radius 2 is 1.89 bits per heavy atom. The number of benzene rings is 2. The van der Waals surface area contributed by atoms with Gasteiger partial charge in [0.25, 0.3) is 0 Å². The van der Waals surface area contributed by atoms with Crippen LogP contribution in [0.5, 0.6) is 5.75 Å². The Labute approximate surface area is 121 Å². The third-order valence-corrected chi connectivity index (χ3v) is 3.50. The summed E-state index contributed by atoms with van der Waals surface area (Å²) >= 11 is 3.39. The first-order chi connectivity index (χ1) is 9.20. The molecule has 0 spiro atoms. The number of hydrogen-bond acceptors (Lipinski definition) is 2. The molecule has 0 amide bonds. The number of halogens is 1. The van der Waals surface area contributed by atoms with Crippen molar-refractivity contribution in [2.75, 3.05) is 0 Å². The van der Waals surface area contributed by atoms with Crippen LogP contribution in [0.3, 0.4) is 0 Å². The van der Waals surface area contributed by atoms with E-state index < -0.39 is 0 Å².